The summed E-state index contributed by atoms with van der Waals surface area (Å²) in [6.07, 6.45) is 0. The Bertz CT molecular complexity index is 377. The van der Waals surface area contributed by atoms with Gasteiger partial charge in [-0.25, -0.2) is 0 Å². The monoisotopic (exact) mass is 236 g/mol. The smallest absolute Gasteiger partial charge is 0.239 e. The molecule has 94 valence electrons. The van der Waals surface area contributed by atoms with E-state index in [0.717, 1.165) is 11.1 Å². The summed E-state index contributed by atoms with van der Waals surface area (Å²) in [7, 11) is 1.64. The Hall–Kier alpha value is -1.39. The zero-order chi connectivity index (χ0) is 12.8. The lowest BCUT2D eigenvalue weighted by atomic mass is 10.0. The molecule has 0 saturated heterocycles. The number of rotatable bonds is 6. The normalized spacial score (nSPS) is 12.7. The van der Waals surface area contributed by atoms with Gasteiger partial charge >= 0.3 is 0 Å². The highest BCUT2D eigenvalue weighted by Crippen LogP contribution is 2.15. The molecule has 0 aliphatic heterocycles. The van der Waals surface area contributed by atoms with Gasteiger partial charge in [0.1, 0.15) is 6.04 Å². The summed E-state index contributed by atoms with van der Waals surface area (Å²) in [6.45, 7) is 4.49. The van der Waals surface area contributed by atoms with Crippen molar-refractivity contribution in [3.8, 4) is 0 Å². The second-order valence-corrected chi connectivity index (χ2v) is 4.33. The van der Waals surface area contributed by atoms with Crippen LogP contribution in [-0.4, -0.2) is 19.1 Å². The number of ether oxygens (including phenoxy) is 1. The van der Waals surface area contributed by atoms with Crippen molar-refractivity contribution in [2.24, 2.45) is 5.73 Å². The molecule has 0 aliphatic rings. The Balaban J connectivity index is 2.93. The predicted octanol–water partition coefficient (Wildman–Crippen LogP) is 1.36. The maximum absolute atomic E-state index is 11.4. The van der Waals surface area contributed by atoms with Crippen molar-refractivity contribution in [3.05, 3.63) is 35.4 Å². The molecule has 1 aromatic rings. The van der Waals surface area contributed by atoms with Gasteiger partial charge in [-0.2, -0.15) is 0 Å². The molecule has 1 unspecified atom stereocenters. The van der Waals surface area contributed by atoms with Crippen LogP contribution in [0, 0.1) is 0 Å². The van der Waals surface area contributed by atoms with Gasteiger partial charge in [0, 0.05) is 13.2 Å². The minimum atomic E-state index is -0.452. The van der Waals surface area contributed by atoms with Gasteiger partial charge in [0.2, 0.25) is 5.91 Å². The van der Waals surface area contributed by atoms with Gasteiger partial charge in [-0.15, -0.1) is 0 Å². The fraction of sp³-hybridized carbons (Fsp3) is 0.462. The van der Waals surface area contributed by atoms with E-state index in [0.29, 0.717) is 6.61 Å². The highest BCUT2D eigenvalue weighted by molar-refractivity contribution is 5.81. The van der Waals surface area contributed by atoms with Crippen LogP contribution in [0.3, 0.4) is 0 Å². The van der Waals surface area contributed by atoms with Crippen LogP contribution in [-0.2, 0) is 16.1 Å². The quantitative estimate of drug-likeness (QED) is 0.783. The third-order valence-corrected chi connectivity index (χ3v) is 2.38. The molecule has 0 radical (unpaired) electrons. The van der Waals surface area contributed by atoms with Crippen molar-refractivity contribution < 1.29 is 9.53 Å². The third kappa shape index (κ3) is 4.17. The standard InChI is InChI=1S/C13H20N2O2/c1-9(2)15-12(13(14)16)11-6-4-5-10(7-11)8-17-3/h4-7,9,12,15H,8H2,1-3H3,(H2,14,16). The first-order valence-electron chi connectivity index (χ1n) is 5.67. The average molecular weight is 236 g/mol. The lowest BCUT2D eigenvalue weighted by Gasteiger charge is -2.19. The number of nitrogens with one attached hydrogen (secondary N) is 1. The van der Waals surface area contributed by atoms with Crippen LogP contribution >= 0.6 is 0 Å². The first-order chi connectivity index (χ1) is 8.04. The summed E-state index contributed by atoms with van der Waals surface area (Å²) in [5, 5.41) is 3.15. The number of methoxy groups -OCH3 is 1. The Morgan fingerprint density at radius 3 is 2.71 bits per heavy atom. The molecule has 0 spiro atoms. The predicted molar refractivity (Wildman–Crippen MR) is 67.4 cm³/mol. The molecule has 0 aliphatic carbocycles. The SMILES string of the molecule is COCc1cccc(C(NC(C)C)C(N)=O)c1. The summed E-state index contributed by atoms with van der Waals surface area (Å²) in [5.41, 5.74) is 7.31. The van der Waals surface area contributed by atoms with E-state index in [2.05, 4.69) is 5.32 Å². The Kier molecular flexibility index (Phi) is 5.12. The zero-order valence-corrected chi connectivity index (χ0v) is 10.6. The van der Waals surface area contributed by atoms with Crippen molar-refractivity contribution in [1.82, 2.24) is 5.32 Å². The molecular weight excluding hydrogens is 216 g/mol. The molecule has 0 aromatic heterocycles. The Morgan fingerprint density at radius 2 is 2.18 bits per heavy atom. The molecule has 3 N–H and O–H groups in total. The highest BCUT2D eigenvalue weighted by atomic mass is 16.5. The molecule has 4 heteroatoms. The van der Waals surface area contributed by atoms with E-state index in [-0.39, 0.29) is 11.9 Å². The molecule has 0 fully saturated rings. The highest BCUT2D eigenvalue weighted by Gasteiger charge is 2.18. The van der Waals surface area contributed by atoms with E-state index < -0.39 is 6.04 Å². The number of benzene rings is 1. The van der Waals surface area contributed by atoms with Gasteiger partial charge in [0.05, 0.1) is 6.61 Å². The topological polar surface area (TPSA) is 64.3 Å². The van der Waals surface area contributed by atoms with Crippen molar-refractivity contribution >= 4 is 5.91 Å². The van der Waals surface area contributed by atoms with Crippen LogP contribution in [0.4, 0.5) is 0 Å². The molecule has 1 atom stereocenters. The largest absolute Gasteiger partial charge is 0.380 e. The van der Waals surface area contributed by atoms with E-state index in [1.54, 1.807) is 7.11 Å². The Labute approximate surface area is 102 Å². The minimum absolute atomic E-state index is 0.193. The van der Waals surface area contributed by atoms with Crippen LogP contribution in [0.15, 0.2) is 24.3 Å². The number of carbonyl (C=O) groups excluding carboxylic acids is 1. The van der Waals surface area contributed by atoms with Crippen molar-refractivity contribution in [2.45, 2.75) is 32.5 Å². The van der Waals surface area contributed by atoms with E-state index >= 15 is 0 Å². The maximum atomic E-state index is 11.4. The third-order valence-electron chi connectivity index (χ3n) is 2.38. The summed E-state index contributed by atoms with van der Waals surface area (Å²) >= 11 is 0. The molecule has 1 amide bonds. The molecule has 1 rings (SSSR count). The van der Waals surface area contributed by atoms with Crippen LogP contribution in [0.1, 0.15) is 31.0 Å². The fourth-order valence-electron chi connectivity index (χ4n) is 1.71. The molecule has 1 aromatic carbocycles. The number of hydrogen-bond donors (Lipinski definition) is 2. The number of primary amides is 1. The van der Waals surface area contributed by atoms with Gasteiger partial charge < -0.3 is 10.5 Å². The van der Waals surface area contributed by atoms with Crippen molar-refractivity contribution in [1.29, 1.82) is 0 Å². The lowest BCUT2D eigenvalue weighted by Crippen LogP contribution is -2.37. The summed E-state index contributed by atoms with van der Waals surface area (Å²) in [6, 6.07) is 7.44. The molecule has 4 nitrogen and oxygen atoms in total. The van der Waals surface area contributed by atoms with E-state index in [9.17, 15) is 4.79 Å². The summed E-state index contributed by atoms with van der Waals surface area (Å²) < 4.78 is 5.07. The van der Waals surface area contributed by atoms with Gasteiger partial charge in [-0.3, -0.25) is 10.1 Å². The van der Waals surface area contributed by atoms with Crippen molar-refractivity contribution in [3.63, 3.8) is 0 Å². The zero-order valence-electron chi connectivity index (χ0n) is 10.6. The second-order valence-electron chi connectivity index (χ2n) is 4.33. The van der Waals surface area contributed by atoms with Gasteiger partial charge in [0.15, 0.2) is 0 Å². The van der Waals surface area contributed by atoms with Crippen LogP contribution in [0.5, 0.6) is 0 Å². The summed E-state index contributed by atoms with van der Waals surface area (Å²) in [5.74, 6) is -0.367. The first-order valence-corrected chi connectivity index (χ1v) is 5.67. The van der Waals surface area contributed by atoms with Gasteiger partial charge in [-0.05, 0) is 25.0 Å². The number of carbonyl (C=O) groups is 1. The van der Waals surface area contributed by atoms with E-state index in [1.807, 2.05) is 38.1 Å². The molecule has 0 bridgehead atoms. The average Bonchev–Trinajstić information content (AvgIpc) is 2.26. The van der Waals surface area contributed by atoms with Crippen LogP contribution in [0.25, 0.3) is 0 Å². The van der Waals surface area contributed by atoms with E-state index in [4.69, 9.17) is 10.5 Å². The Morgan fingerprint density at radius 1 is 1.47 bits per heavy atom. The number of hydrogen-bond acceptors (Lipinski definition) is 3. The van der Waals surface area contributed by atoms with E-state index in [1.165, 1.54) is 0 Å². The minimum Gasteiger partial charge on any atom is -0.380 e. The molecule has 0 saturated carbocycles. The van der Waals surface area contributed by atoms with Crippen LogP contribution < -0.4 is 11.1 Å². The lowest BCUT2D eigenvalue weighted by molar-refractivity contribution is -0.120. The summed E-state index contributed by atoms with van der Waals surface area (Å²) in [4.78, 5) is 11.4. The molecular formula is C13H20N2O2. The first kappa shape index (κ1) is 13.7. The number of nitrogens with two attached hydrogens (primary N) is 1. The van der Waals surface area contributed by atoms with Gasteiger partial charge in [0.25, 0.3) is 0 Å². The molecule has 17 heavy (non-hydrogen) atoms. The second kappa shape index (κ2) is 6.37. The number of amides is 1. The van der Waals surface area contributed by atoms with Crippen molar-refractivity contribution in [2.75, 3.05) is 7.11 Å². The maximum Gasteiger partial charge on any atom is 0.239 e. The molecule has 0 heterocycles. The van der Waals surface area contributed by atoms with Gasteiger partial charge in [-0.1, -0.05) is 24.3 Å². The van der Waals surface area contributed by atoms with Crippen LogP contribution in [0.2, 0.25) is 0 Å². The fourth-order valence-corrected chi connectivity index (χ4v) is 1.71.